The Morgan fingerprint density at radius 1 is 0.923 bits per heavy atom. The summed E-state index contributed by atoms with van der Waals surface area (Å²) in [7, 11) is -4.00. The highest BCUT2D eigenvalue weighted by atomic mass is 32.2. The Hall–Kier alpha value is -4.37. The van der Waals surface area contributed by atoms with E-state index < -0.39 is 21.9 Å². The lowest BCUT2D eigenvalue weighted by molar-refractivity contribution is -0.117. The monoisotopic (exact) mass is 548 g/mol. The maximum Gasteiger partial charge on any atom is 0.339 e. The number of hydrogen-bond donors (Lipinski definition) is 2. The Labute approximate surface area is 229 Å². The number of rotatable bonds is 12. The standard InChI is InChI=1S/C30H32N2O6S/c1-5-18-31-30(34)28(32-29(33)24-10-14-25(15-11-24)37-20-21(2)3)19-23-8-12-26(13-9-23)38-39(35,36)27-16-6-22(4)7-17-27/h5-17,19,21H,1,18,20H2,2-4H3,(H,31,34)(H,32,33). The highest BCUT2D eigenvalue weighted by Gasteiger charge is 2.17. The van der Waals surface area contributed by atoms with Gasteiger partial charge in [0, 0.05) is 12.1 Å². The molecule has 3 rings (SSSR count). The van der Waals surface area contributed by atoms with Crippen molar-refractivity contribution in [3.05, 3.63) is 108 Å². The summed E-state index contributed by atoms with van der Waals surface area (Å²) in [6, 6.07) is 19.0. The largest absolute Gasteiger partial charge is 0.493 e. The number of ether oxygens (including phenoxy) is 1. The lowest BCUT2D eigenvalue weighted by atomic mass is 10.1. The Kier molecular flexibility index (Phi) is 10.1. The summed E-state index contributed by atoms with van der Waals surface area (Å²) in [6.07, 6.45) is 3.00. The molecular weight excluding hydrogens is 516 g/mol. The van der Waals surface area contributed by atoms with Gasteiger partial charge in [0.1, 0.15) is 22.1 Å². The van der Waals surface area contributed by atoms with Crippen molar-refractivity contribution in [3.8, 4) is 11.5 Å². The minimum atomic E-state index is -4.00. The van der Waals surface area contributed by atoms with Gasteiger partial charge in [-0.3, -0.25) is 9.59 Å². The van der Waals surface area contributed by atoms with Crippen molar-refractivity contribution < 1.29 is 26.9 Å². The molecule has 0 unspecified atom stereocenters. The quantitative estimate of drug-likeness (QED) is 0.190. The summed E-state index contributed by atoms with van der Waals surface area (Å²) in [5, 5.41) is 5.29. The summed E-state index contributed by atoms with van der Waals surface area (Å²) in [4.78, 5) is 25.7. The molecule has 2 N–H and O–H groups in total. The van der Waals surface area contributed by atoms with E-state index >= 15 is 0 Å². The highest BCUT2D eigenvalue weighted by Crippen LogP contribution is 2.21. The zero-order valence-corrected chi connectivity index (χ0v) is 23.0. The van der Waals surface area contributed by atoms with Gasteiger partial charge in [-0.1, -0.05) is 49.8 Å². The van der Waals surface area contributed by atoms with E-state index in [1.165, 1.54) is 36.4 Å². The van der Waals surface area contributed by atoms with Crippen LogP contribution in [-0.2, 0) is 14.9 Å². The third-order valence-corrected chi connectivity index (χ3v) is 6.57. The molecule has 3 aromatic rings. The second-order valence-electron chi connectivity index (χ2n) is 9.16. The summed E-state index contributed by atoms with van der Waals surface area (Å²) < 4.78 is 36.0. The van der Waals surface area contributed by atoms with Crippen LogP contribution in [0.25, 0.3) is 6.08 Å². The van der Waals surface area contributed by atoms with Gasteiger partial charge in [0.2, 0.25) is 0 Å². The van der Waals surface area contributed by atoms with Crippen molar-refractivity contribution in [1.29, 1.82) is 0 Å². The number of aryl methyl sites for hydroxylation is 1. The van der Waals surface area contributed by atoms with Crippen LogP contribution in [0.1, 0.15) is 35.3 Å². The molecule has 204 valence electrons. The van der Waals surface area contributed by atoms with Gasteiger partial charge in [-0.05, 0) is 73.0 Å². The lowest BCUT2D eigenvalue weighted by Gasteiger charge is -2.12. The minimum Gasteiger partial charge on any atom is -0.493 e. The molecule has 0 radical (unpaired) electrons. The average molecular weight is 549 g/mol. The van der Waals surface area contributed by atoms with E-state index in [2.05, 4.69) is 17.2 Å². The SMILES string of the molecule is C=CCNC(=O)C(=Cc1ccc(OS(=O)(=O)c2ccc(C)cc2)cc1)NC(=O)c1ccc(OCC(C)C)cc1. The molecule has 0 aliphatic heterocycles. The first-order valence-corrected chi connectivity index (χ1v) is 13.7. The first-order valence-electron chi connectivity index (χ1n) is 12.3. The zero-order chi connectivity index (χ0) is 28.4. The molecule has 0 bridgehead atoms. The van der Waals surface area contributed by atoms with Crippen molar-refractivity contribution in [1.82, 2.24) is 10.6 Å². The number of hydrogen-bond acceptors (Lipinski definition) is 6. The van der Waals surface area contributed by atoms with Crippen LogP contribution in [-0.4, -0.2) is 33.4 Å². The van der Waals surface area contributed by atoms with E-state index in [-0.39, 0.29) is 22.9 Å². The average Bonchev–Trinajstić information content (AvgIpc) is 2.91. The fraction of sp³-hybridized carbons (Fsp3) is 0.200. The lowest BCUT2D eigenvalue weighted by Crippen LogP contribution is -2.34. The Balaban J connectivity index is 1.76. The molecule has 0 spiro atoms. The molecule has 39 heavy (non-hydrogen) atoms. The Morgan fingerprint density at radius 2 is 1.54 bits per heavy atom. The molecule has 0 aliphatic carbocycles. The van der Waals surface area contributed by atoms with Crippen LogP contribution in [0.2, 0.25) is 0 Å². The van der Waals surface area contributed by atoms with Crippen molar-refractivity contribution in [2.75, 3.05) is 13.2 Å². The molecule has 3 aromatic carbocycles. The van der Waals surface area contributed by atoms with Crippen LogP contribution in [0.4, 0.5) is 0 Å². The number of amides is 2. The molecule has 0 aliphatic rings. The molecule has 0 aromatic heterocycles. The predicted molar refractivity (Wildman–Crippen MR) is 151 cm³/mol. The Morgan fingerprint density at radius 3 is 2.13 bits per heavy atom. The third kappa shape index (κ3) is 8.86. The smallest absolute Gasteiger partial charge is 0.339 e. The molecule has 0 saturated heterocycles. The van der Waals surface area contributed by atoms with Gasteiger partial charge < -0.3 is 19.6 Å². The molecule has 9 heteroatoms. The van der Waals surface area contributed by atoms with Gasteiger partial charge in [-0.15, -0.1) is 6.58 Å². The zero-order valence-electron chi connectivity index (χ0n) is 22.1. The van der Waals surface area contributed by atoms with Crippen LogP contribution in [0, 0.1) is 12.8 Å². The van der Waals surface area contributed by atoms with Crippen LogP contribution >= 0.6 is 0 Å². The van der Waals surface area contributed by atoms with E-state index in [0.717, 1.165) is 5.56 Å². The first-order chi connectivity index (χ1) is 18.6. The van der Waals surface area contributed by atoms with Gasteiger partial charge in [0.25, 0.3) is 11.8 Å². The number of carbonyl (C=O) groups excluding carboxylic acids is 2. The van der Waals surface area contributed by atoms with E-state index in [9.17, 15) is 18.0 Å². The van der Waals surface area contributed by atoms with Gasteiger partial charge >= 0.3 is 10.1 Å². The molecule has 0 heterocycles. The van der Waals surface area contributed by atoms with Crippen molar-refractivity contribution in [3.63, 3.8) is 0 Å². The number of benzene rings is 3. The van der Waals surface area contributed by atoms with Crippen LogP contribution < -0.4 is 19.6 Å². The number of nitrogens with one attached hydrogen (secondary N) is 2. The maximum absolute atomic E-state index is 12.9. The summed E-state index contributed by atoms with van der Waals surface area (Å²) >= 11 is 0. The number of carbonyl (C=O) groups is 2. The fourth-order valence-electron chi connectivity index (χ4n) is 3.24. The van der Waals surface area contributed by atoms with Gasteiger partial charge in [0.15, 0.2) is 0 Å². The van der Waals surface area contributed by atoms with Crippen molar-refractivity contribution in [2.45, 2.75) is 25.7 Å². The van der Waals surface area contributed by atoms with Crippen LogP contribution in [0.15, 0.2) is 96.0 Å². The topological polar surface area (TPSA) is 111 Å². The van der Waals surface area contributed by atoms with Crippen LogP contribution in [0.5, 0.6) is 11.5 Å². The predicted octanol–water partition coefficient (Wildman–Crippen LogP) is 4.87. The fourth-order valence-corrected chi connectivity index (χ4v) is 4.17. The van der Waals surface area contributed by atoms with Crippen molar-refractivity contribution >= 4 is 28.0 Å². The second-order valence-corrected chi connectivity index (χ2v) is 10.7. The van der Waals surface area contributed by atoms with Gasteiger partial charge in [0.05, 0.1) is 6.61 Å². The van der Waals surface area contributed by atoms with E-state index in [1.807, 2.05) is 20.8 Å². The van der Waals surface area contributed by atoms with E-state index in [0.29, 0.717) is 29.4 Å². The highest BCUT2D eigenvalue weighted by molar-refractivity contribution is 7.87. The minimum absolute atomic E-state index is 0.00271. The van der Waals surface area contributed by atoms with Gasteiger partial charge in [-0.2, -0.15) is 8.42 Å². The molecule has 2 amide bonds. The third-order valence-electron chi connectivity index (χ3n) is 5.31. The maximum atomic E-state index is 12.9. The second kappa shape index (κ2) is 13.4. The van der Waals surface area contributed by atoms with E-state index in [1.54, 1.807) is 48.5 Å². The van der Waals surface area contributed by atoms with Crippen LogP contribution in [0.3, 0.4) is 0 Å². The first kappa shape index (κ1) is 29.2. The Bertz CT molecular complexity index is 1430. The molecule has 0 saturated carbocycles. The summed E-state index contributed by atoms with van der Waals surface area (Å²) in [5.41, 5.74) is 1.82. The van der Waals surface area contributed by atoms with Gasteiger partial charge in [-0.25, -0.2) is 0 Å². The molecule has 8 nitrogen and oxygen atoms in total. The van der Waals surface area contributed by atoms with Crippen molar-refractivity contribution in [2.24, 2.45) is 5.92 Å². The summed E-state index contributed by atoms with van der Waals surface area (Å²) in [5.74, 6) is 0.130. The molecular formula is C30H32N2O6S. The van der Waals surface area contributed by atoms with E-state index in [4.69, 9.17) is 8.92 Å². The normalized spacial score (nSPS) is 11.5. The molecule has 0 fully saturated rings. The molecule has 0 atom stereocenters. The summed E-state index contributed by atoms with van der Waals surface area (Å²) in [6.45, 7) is 10.3.